The minimum absolute atomic E-state index is 0.595. The highest BCUT2D eigenvalue weighted by Crippen LogP contribution is 2.39. The number of hydrogen-bond donors (Lipinski definition) is 0. The van der Waals surface area contributed by atoms with E-state index < -0.39 is 0 Å². The van der Waals surface area contributed by atoms with Gasteiger partial charge < -0.3 is 4.42 Å². The van der Waals surface area contributed by atoms with Crippen LogP contribution in [0.5, 0.6) is 0 Å². The molecule has 0 saturated heterocycles. The Morgan fingerprint density at radius 3 is 1.46 bits per heavy atom. The van der Waals surface area contributed by atoms with E-state index in [9.17, 15) is 0 Å². The van der Waals surface area contributed by atoms with Gasteiger partial charge >= 0.3 is 0 Å². The highest BCUT2D eigenvalue weighted by atomic mass is 16.3. The summed E-state index contributed by atoms with van der Waals surface area (Å²) in [6.45, 7) is 0. The number of rotatable bonds is 6. The Bertz CT molecular complexity index is 3260. The van der Waals surface area contributed by atoms with E-state index in [0.717, 1.165) is 60.9 Å². The van der Waals surface area contributed by atoms with Gasteiger partial charge in [-0.3, -0.25) is 0 Å². The van der Waals surface area contributed by atoms with Crippen molar-refractivity contribution in [2.24, 2.45) is 0 Å². The summed E-state index contributed by atoms with van der Waals surface area (Å²) in [5, 5.41) is 7.03. The molecule has 11 aromatic rings. The van der Waals surface area contributed by atoms with Gasteiger partial charge in [0.1, 0.15) is 11.2 Å². The van der Waals surface area contributed by atoms with E-state index in [1.54, 1.807) is 0 Å². The lowest BCUT2D eigenvalue weighted by Crippen LogP contribution is -2.00. The van der Waals surface area contributed by atoms with Crippen LogP contribution in [0.3, 0.4) is 0 Å². The van der Waals surface area contributed by atoms with E-state index in [4.69, 9.17) is 19.4 Å². The molecule has 0 unspecified atom stereocenters. The van der Waals surface area contributed by atoms with Crippen molar-refractivity contribution in [2.45, 2.75) is 0 Å². The molecule has 2 heterocycles. The lowest BCUT2D eigenvalue weighted by molar-refractivity contribution is 0.669. The minimum Gasteiger partial charge on any atom is -0.456 e. The molecule has 0 amide bonds. The second-order valence-electron chi connectivity index (χ2n) is 14.4. The van der Waals surface area contributed by atoms with Crippen LogP contribution in [0.4, 0.5) is 0 Å². The molecule has 0 saturated carbocycles. The monoisotopic (exact) mass is 727 g/mol. The van der Waals surface area contributed by atoms with Crippen molar-refractivity contribution in [3.8, 4) is 67.5 Å². The van der Waals surface area contributed by atoms with Gasteiger partial charge in [-0.25, -0.2) is 15.0 Å². The molecule has 0 atom stereocenters. The van der Waals surface area contributed by atoms with Crippen LogP contribution in [-0.4, -0.2) is 15.0 Å². The molecular formula is C53H33N3O. The van der Waals surface area contributed by atoms with E-state index in [-0.39, 0.29) is 0 Å². The van der Waals surface area contributed by atoms with E-state index in [1.165, 1.54) is 32.7 Å². The minimum atomic E-state index is 0.595. The van der Waals surface area contributed by atoms with Crippen LogP contribution in [0.1, 0.15) is 0 Å². The van der Waals surface area contributed by atoms with Crippen LogP contribution in [0.15, 0.2) is 205 Å². The van der Waals surface area contributed by atoms with Crippen molar-refractivity contribution < 1.29 is 4.42 Å². The largest absolute Gasteiger partial charge is 0.456 e. The van der Waals surface area contributed by atoms with Crippen molar-refractivity contribution in [3.05, 3.63) is 200 Å². The van der Waals surface area contributed by atoms with Gasteiger partial charge in [-0.2, -0.15) is 0 Å². The second kappa shape index (κ2) is 13.6. The number of benzene rings is 9. The Morgan fingerprint density at radius 2 is 0.754 bits per heavy atom. The third-order valence-electron chi connectivity index (χ3n) is 11.0. The molecule has 266 valence electrons. The van der Waals surface area contributed by atoms with E-state index in [0.29, 0.717) is 17.5 Å². The number of fused-ring (bicyclic) bond motifs is 6. The second-order valence-corrected chi connectivity index (χ2v) is 14.4. The van der Waals surface area contributed by atoms with Gasteiger partial charge in [0.2, 0.25) is 0 Å². The molecule has 11 rings (SSSR count). The lowest BCUT2D eigenvalue weighted by Gasteiger charge is -2.10. The van der Waals surface area contributed by atoms with Crippen LogP contribution in [0, 0.1) is 0 Å². The Balaban J connectivity index is 0.996. The Labute approximate surface area is 329 Å². The quantitative estimate of drug-likeness (QED) is 0.160. The predicted molar refractivity (Wildman–Crippen MR) is 235 cm³/mol. The number of hydrogen-bond acceptors (Lipinski definition) is 4. The zero-order valence-corrected chi connectivity index (χ0v) is 30.8. The maximum Gasteiger partial charge on any atom is 0.164 e. The molecule has 0 N–H and O–H groups in total. The molecule has 2 aromatic heterocycles. The first-order valence-electron chi connectivity index (χ1n) is 19.2. The summed E-state index contributed by atoms with van der Waals surface area (Å²) in [5.74, 6) is 1.83. The molecule has 0 bridgehead atoms. The van der Waals surface area contributed by atoms with Crippen molar-refractivity contribution in [3.63, 3.8) is 0 Å². The van der Waals surface area contributed by atoms with Gasteiger partial charge in [0.25, 0.3) is 0 Å². The fraction of sp³-hybridized carbons (Fsp3) is 0. The van der Waals surface area contributed by atoms with Crippen LogP contribution in [0.25, 0.3) is 111 Å². The van der Waals surface area contributed by atoms with E-state index in [1.807, 2.05) is 48.5 Å². The van der Waals surface area contributed by atoms with Crippen LogP contribution < -0.4 is 0 Å². The molecule has 4 nitrogen and oxygen atoms in total. The summed E-state index contributed by atoms with van der Waals surface area (Å²) >= 11 is 0. The molecular weight excluding hydrogens is 695 g/mol. The summed E-state index contributed by atoms with van der Waals surface area (Å²) in [6.07, 6.45) is 0. The fourth-order valence-electron chi connectivity index (χ4n) is 8.01. The van der Waals surface area contributed by atoms with Gasteiger partial charge in [-0.15, -0.1) is 0 Å². The fourth-order valence-corrected chi connectivity index (χ4v) is 8.01. The Kier molecular flexibility index (Phi) is 7.78. The molecule has 0 aliphatic rings. The standard InChI is InChI=1S/C53H33N3O/c1-3-10-34(11-4-1)35-22-27-41(28-23-35)52-54-51(40-13-5-2-6-14-40)55-53(56-52)45-16-9-17-49-50(45)47-33-43(30-31-48(47)57-49)37-20-18-36(19-21-37)42-29-26-39-25-24-38-12-7-8-15-44(38)46(39)32-42/h1-33H. The molecule has 0 spiro atoms. The van der Waals surface area contributed by atoms with Gasteiger partial charge in [-0.1, -0.05) is 176 Å². The number of aromatic nitrogens is 3. The normalized spacial score (nSPS) is 11.5. The highest BCUT2D eigenvalue weighted by Gasteiger charge is 2.18. The highest BCUT2D eigenvalue weighted by molar-refractivity contribution is 6.13. The summed E-state index contributed by atoms with van der Waals surface area (Å²) in [5.41, 5.74) is 11.3. The third-order valence-corrected chi connectivity index (χ3v) is 11.0. The summed E-state index contributed by atoms with van der Waals surface area (Å²) < 4.78 is 6.46. The summed E-state index contributed by atoms with van der Waals surface area (Å²) in [4.78, 5) is 15.2. The molecule has 0 radical (unpaired) electrons. The first kappa shape index (κ1) is 32.7. The zero-order valence-electron chi connectivity index (χ0n) is 30.8. The smallest absolute Gasteiger partial charge is 0.164 e. The number of nitrogens with zero attached hydrogens (tertiary/aromatic N) is 3. The topological polar surface area (TPSA) is 51.8 Å². The van der Waals surface area contributed by atoms with Crippen molar-refractivity contribution in [2.75, 3.05) is 0 Å². The summed E-state index contributed by atoms with van der Waals surface area (Å²) in [7, 11) is 0. The van der Waals surface area contributed by atoms with Gasteiger partial charge in [0.05, 0.1) is 0 Å². The van der Waals surface area contributed by atoms with Crippen LogP contribution >= 0.6 is 0 Å². The third kappa shape index (κ3) is 5.92. The maximum absolute atomic E-state index is 6.46. The molecule has 57 heavy (non-hydrogen) atoms. The SMILES string of the molecule is c1ccc(-c2ccc(-c3nc(-c4ccccc4)nc(-c4cccc5oc6ccc(-c7ccc(-c8ccc9ccc%10ccccc%10c9c8)cc7)cc6c45)n3)cc2)cc1. The van der Waals surface area contributed by atoms with Crippen molar-refractivity contribution >= 4 is 43.5 Å². The number of furan rings is 1. The van der Waals surface area contributed by atoms with Gasteiger partial charge in [0, 0.05) is 27.5 Å². The van der Waals surface area contributed by atoms with Gasteiger partial charge in [0.15, 0.2) is 17.5 Å². The Hall–Kier alpha value is -7.69. The maximum atomic E-state index is 6.46. The van der Waals surface area contributed by atoms with E-state index >= 15 is 0 Å². The summed E-state index contributed by atoms with van der Waals surface area (Å²) in [6, 6.07) is 70.0. The molecule has 9 aromatic carbocycles. The first-order chi connectivity index (χ1) is 28.2. The molecule has 4 heteroatoms. The van der Waals surface area contributed by atoms with E-state index in [2.05, 4.69) is 152 Å². The predicted octanol–water partition coefficient (Wildman–Crippen LogP) is 14.1. The van der Waals surface area contributed by atoms with Crippen LogP contribution in [-0.2, 0) is 0 Å². The lowest BCUT2D eigenvalue weighted by atomic mass is 9.95. The average molecular weight is 728 g/mol. The van der Waals surface area contributed by atoms with Gasteiger partial charge in [-0.05, 0) is 79.2 Å². The first-order valence-corrected chi connectivity index (χ1v) is 19.2. The molecule has 0 fully saturated rings. The zero-order chi connectivity index (χ0) is 37.7. The average Bonchev–Trinajstić information content (AvgIpc) is 3.68. The molecule has 0 aliphatic heterocycles. The van der Waals surface area contributed by atoms with Crippen molar-refractivity contribution in [1.29, 1.82) is 0 Å². The van der Waals surface area contributed by atoms with Crippen molar-refractivity contribution in [1.82, 2.24) is 15.0 Å². The van der Waals surface area contributed by atoms with Crippen LogP contribution in [0.2, 0.25) is 0 Å². The molecule has 0 aliphatic carbocycles. The Morgan fingerprint density at radius 1 is 0.281 bits per heavy atom.